The summed E-state index contributed by atoms with van der Waals surface area (Å²) in [7, 11) is 0. The first-order valence-corrected chi connectivity index (χ1v) is 9.24. The Labute approximate surface area is 142 Å². The molecule has 0 aromatic heterocycles. The maximum atomic E-state index is 12.9. The van der Waals surface area contributed by atoms with E-state index in [0.29, 0.717) is 5.25 Å². The van der Waals surface area contributed by atoms with Crippen molar-refractivity contribution in [3.63, 3.8) is 0 Å². The Balaban J connectivity index is 1.76. The van der Waals surface area contributed by atoms with Crippen molar-refractivity contribution in [3.05, 3.63) is 65.7 Å². The molecule has 0 unspecified atom stereocenters. The molecule has 1 N–H and O–H groups in total. The monoisotopic (exact) mass is 325 g/mol. The first kappa shape index (κ1) is 16.1. The van der Waals surface area contributed by atoms with Gasteiger partial charge in [0.15, 0.2) is 0 Å². The van der Waals surface area contributed by atoms with Crippen LogP contribution in [-0.4, -0.2) is 11.2 Å². The van der Waals surface area contributed by atoms with E-state index in [1.165, 1.54) is 31.2 Å². The Morgan fingerprint density at radius 2 is 1.70 bits per heavy atom. The van der Waals surface area contributed by atoms with E-state index in [4.69, 9.17) is 0 Å². The van der Waals surface area contributed by atoms with Crippen LogP contribution in [0.25, 0.3) is 0 Å². The lowest BCUT2D eigenvalue weighted by molar-refractivity contribution is -0.115. The van der Waals surface area contributed by atoms with Crippen LogP contribution in [0.3, 0.4) is 0 Å². The minimum atomic E-state index is -0.138. The first-order valence-electron chi connectivity index (χ1n) is 8.30. The molecule has 0 aliphatic heterocycles. The maximum Gasteiger partial charge on any atom is 0.242 e. The minimum Gasteiger partial charge on any atom is -0.325 e. The standard InChI is InChI=1S/C20H23NOS/c1-15-11-13-17(14-12-15)21-20(22)19(16-7-3-2-4-8-16)23-18-9-5-6-10-18/h2-4,7-8,11-14,18-19H,5-6,9-10H2,1H3,(H,21,22)/t19-/m1/s1. The molecule has 1 saturated carbocycles. The Hall–Kier alpha value is -1.74. The number of rotatable bonds is 5. The summed E-state index contributed by atoms with van der Waals surface area (Å²) in [5.41, 5.74) is 3.16. The highest BCUT2D eigenvalue weighted by Gasteiger charge is 2.27. The second-order valence-corrected chi connectivity index (χ2v) is 7.60. The molecule has 3 heteroatoms. The fourth-order valence-corrected chi connectivity index (χ4v) is 4.47. The lowest BCUT2D eigenvalue weighted by Crippen LogP contribution is -2.20. The van der Waals surface area contributed by atoms with Gasteiger partial charge in [0.25, 0.3) is 0 Å². The summed E-state index contributed by atoms with van der Waals surface area (Å²) in [6.07, 6.45) is 5.04. The van der Waals surface area contributed by atoms with Gasteiger partial charge in [0.1, 0.15) is 5.25 Å². The lowest BCUT2D eigenvalue weighted by Gasteiger charge is -2.20. The second-order valence-electron chi connectivity index (χ2n) is 6.19. The van der Waals surface area contributed by atoms with Crippen molar-refractivity contribution < 1.29 is 4.79 Å². The zero-order chi connectivity index (χ0) is 16.1. The summed E-state index contributed by atoms with van der Waals surface area (Å²) < 4.78 is 0. The predicted octanol–water partition coefficient (Wildman–Crippen LogP) is 5.35. The molecule has 0 saturated heterocycles. The molecule has 0 radical (unpaired) electrons. The predicted molar refractivity (Wildman–Crippen MR) is 98.8 cm³/mol. The van der Waals surface area contributed by atoms with Gasteiger partial charge in [0, 0.05) is 10.9 Å². The quantitative estimate of drug-likeness (QED) is 0.803. The van der Waals surface area contributed by atoms with Crippen LogP contribution in [0.2, 0.25) is 0 Å². The van der Waals surface area contributed by atoms with Crippen molar-refractivity contribution in [3.8, 4) is 0 Å². The number of anilines is 1. The largest absolute Gasteiger partial charge is 0.325 e. The average molecular weight is 325 g/mol. The molecule has 0 bridgehead atoms. The molecular formula is C20H23NOS. The summed E-state index contributed by atoms with van der Waals surface area (Å²) in [4.78, 5) is 12.9. The van der Waals surface area contributed by atoms with E-state index in [1.807, 2.05) is 61.2 Å². The van der Waals surface area contributed by atoms with E-state index < -0.39 is 0 Å². The van der Waals surface area contributed by atoms with Crippen LogP contribution in [-0.2, 0) is 4.79 Å². The number of benzene rings is 2. The third-order valence-electron chi connectivity index (χ3n) is 4.29. The molecular weight excluding hydrogens is 302 g/mol. The van der Waals surface area contributed by atoms with Gasteiger partial charge < -0.3 is 5.32 Å². The van der Waals surface area contributed by atoms with Gasteiger partial charge >= 0.3 is 0 Å². The first-order chi connectivity index (χ1) is 11.2. The Morgan fingerprint density at radius 1 is 1.04 bits per heavy atom. The van der Waals surface area contributed by atoms with Crippen LogP contribution in [0.1, 0.15) is 42.1 Å². The van der Waals surface area contributed by atoms with Gasteiger partial charge in [-0.25, -0.2) is 0 Å². The molecule has 23 heavy (non-hydrogen) atoms. The molecule has 2 nitrogen and oxygen atoms in total. The third kappa shape index (κ3) is 4.38. The van der Waals surface area contributed by atoms with Crippen molar-refractivity contribution in [1.82, 2.24) is 0 Å². The van der Waals surface area contributed by atoms with Crippen LogP contribution in [0.15, 0.2) is 54.6 Å². The van der Waals surface area contributed by atoms with Gasteiger partial charge in [-0.1, -0.05) is 60.9 Å². The summed E-state index contributed by atoms with van der Waals surface area (Å²) in [6, 6.07) is 18.1. The highest BCUT2D eigenvalue weighted by atomic mass is 32.2. The van der Waals surface area contributed by atoms with Gasteiger partial charge in [0.2, 0.25) is 5.91 Å². The molecule has 1 fully saturated rings. The summed E-state index contributed by atoms with van der Waals surface area (Å²) in [5, 5.41) is 3.54. The number of hydrogen-bond donors (Lipinski definition) is 1. The van der Waals surface area contributed by atoms with E-state index >= 15 is 0 Å². The molecule has 0 spiro atoms. The van der Waals surface area contributed by atoms with E-state index in [2.05, 4.69) is 17.4 Å². The Bertz CT molecular complexity index is 632. The highest BCUT2D eigenvalue weighted by molar-refractivity contribution is 8.00. The molecule has 120 valence electrons. The van der Waals surface area contributed by atoms with E-state index in [0.717, 1.165) is 11.3 Å². The smallest absolute Gasteiger partial charge is 0.242 e. The third-order valence-corrected chi connectivity index (χ3v) is 5.91. The van der Waals surface area contributed by atoms with Crippen molar-refractivity contribution >= 4 is 23.4 Å². The topological polar surface area (TPSA) is 29.1 Å². The van der Waals surface area contributed by atoms with E-state index in [-0.39, 0.29) is 11.2 Å². The normalized spacial score (nSPS) is 16.2. The number of aryl methyl sites for hydroxylation is 1. The van der Waals surface area contributed by atoms with Crippen LogP contribution < -0.4 is 5.32 Å². The molecule has 2 aromatic carbocycles. The SMILES string of the molecule is Cc1ccc(NC(=O)[C@H](SC2CCCC2)c2ccccc2)cc1. The van der Waals surface area contributed by atoms with Gasteiger partial charge in [-0.05, 0) is 37.5 Å². The van der Waals surface area contributed by atoms with Gasteiger partial charge in [-0.15, -0.1) is 11.8 Å². The lowest BCUT2D eigenvalue weighted by atomic mass is 10.1. The molecule has 1 amide bonds. The highest BCUT2D eigenvalue weighted by Crippen LogP contribution is 2.40. The minimum absolute atomic E-state index is 0.0805. The molecule has 1 aliphatic carbocycles. The Morgan fingerprint density at radius 3 is 2.35 bits per heavy atom. The molecule has 2 aromatic rings. The van der Waals surface area contributed by atoms with Crippen molar-refractivity contribution in [2.75, 3.05) is 5.32 Å². The fourth-order valence-electron chi connectivity index (χ4n) is 2.98. The fraction of sp³-hybridized carbons (Fsp3) is 0.350. The van der Waals surface area contributed by atoms with Crippen LogP contribution in [0.4, 0.5) is 5.69 Å². The number of amides is 1. The molecule has 0 heterocycles. The summed E-state index contributed by atoms with van der Waals surface area (Å²) in [5.74, 6) is 0.0805. The summed E-state index contributed by atoms with van der Waals surface area (Å²) in [6.45, 7) is 2.05. The maximum absolute atomic E-state index is 12.9. The molecule has 3 rings (SSSR count). The second kappa shape index (κ2) is 7.69. The Kier molecular flexibility index (Phi) is 5.39. The van der Waals surface area contributed by atoms with Crippen molar-refractivity contribution in [2.24, 2.45) is 0 Å². The van der Waals surface area contributed by atoms with Crippen LogP contribution >= 0.6 is 11.8 Å². The summed E-state index contributed by atoms with van der Waals surface area (Å²) >= 11 is 1.82. The van der Waals surface area contributed by atoms with E-state index in [1.54, 1.807) is 0 Å². The van der Waals surface area contributed by atoms with Crippen molar-refractivity contribution in [2.45, 2.75) is 43.1 Å². The number of carbonyl (C=O) groups excluding carboxylic acids is 1. The van der Waals surface area contributed by atoms with Gasteiger partial charge in [-0.3, -0.25) is 4.79 Å². The number of carbonyl (C=O) groups is 1. The average Bonchev–Trinajstić information content (AvgIpc) is 3.09. The number of hydrogen-bond acceptors (Lipinski definition) is 2. The van der Waals surface area contributed by atoms with E-state index in [9.17, 15) is 4.79 Å². The number of thioether (sulfide) groups is 1. The van der Waals surface area contributed by atoms with Crippen LogP contribution in [0, 0.1) is 6.92 Å². The van der Waals surface area contributed by atoms with Crippen LogP contribution in [0.5, 0.6) is 0 Å². The van der Waals surface area contributed by atoms with Crippen molar-refractivity contribution in [1.29, 1.82) is 0 Å². The molecule has 1 aliphatic rings. The number of nitrogens with one attached hydrogen (secondary N) is 1. The van der Waals surface area contributed by atoms with Gasteiger partial charge in [0.05, 0.1) is 0 Å². The zero-order valence-corrected chi connectivity index (χ0v) is 14.3. The zero-order valence-electron chi connectivity index (χ0n) is 13.5. The molecule has 1 atom stereocenters. The van der Waals surface area contributed by atoms with Gasteiger partial charge in [-0.2, -0.15) is 0 Å².